The molecule has 18 heavy (non-hydrogen) atoms. The quantitative estimate of drug-likeness (QED) is 0.866. The Kier molecular flexibility index (Phi) is 4.74. The maximum absolute atomic E-state index is 3.75. The lowest BCUT2D eigenvalue weighted by atomic mass is 9.99. The molecule has 3 unspecified atom stereocenters. The molecule has 1 heterocycles. The van der Waals surface area contributed by atoms with Crippen LogP contribution in [0.15, 0.2) is 24.3 Å². The third-order valence-electron chi connectivity index (χ3n) is 3.79. The second-order valence-electron chi connectivity index (χ2n) is 5.79. The number of hydrogen-bond donors (Lipinski definition) is 1. The highest BCUT2D eigenvalue weighted by Gasteiger charge is 2.23. The number of rotatable bonds is 4. The minimum absolute atomic E-state index is 0.460. The molecule has 0 radical (unpaired) electrons. The number of benzene rings is 1. The molecule has 1 aromatic rings. The molecule has 1 aliphatic heterocycles. The van der Waals surface area contributed by atoms with E-state index in [1.165, 1.54) is 23.3 Å². The van der Waals surface area contributed by atoms with E-state index in [-0.39, 0.29) is 0 Å². The standard InChI is InChI=1S/C16H25NS/c1-11(2)14-5-7-15(8-6-14)13(4)17-16-9-12(3)18-10-16/h5-8,11-13,16-17H,9-10H2,1-4H3. The van der Waals surface area contributed by atoms with Crippen molar-refractivity contribution in [2.45, 2.75) is 57.4 Å². The van der Waals surface area contributed by atoms with Crippen molar-refractivity contribution in [3.8, 4) is 0 Å². The van der Waals surface area contributed by atoms with E-state index in [0.717, 1.165) is 5.25 Å². The predicted octanol–water partition coefficient (Wildman–Crippen LogP) is 4.35. The molecule has 0 aromatic heterocycles. The zero-order valence-electron chi connectivity index (χ0n) is 11.9. The van der Waals surface area contributed by atoms with E-state index < -0.39 is 0 Å². The van der Waals surface area contributed by atoms with Gasteiger partial charge in [0.25, 0.3) is 0 Å². The van der Waals surface area contributed by atoms with Gasteiger partial charge in [-0.05, 0) is 30.4 Å². The number of thioether (sulfide) groups is 1. The van der Waals surface area contributed by atoms with E-state index in [1.54, 1.807) is 0 Å². The van der Waals surface area contributed by atoms with Crippen LogP contribution in [0.2, 0.25) is 0 Å². The van der Waals surface area contributed by atoms with E-state index in [2.05, 4.69) is 69.0 Å². The summed E-state index contributed by atoms with van der Waals surface area (Å²) < 4.78 is 0. The van der Waals surface area contributed by atoms with Crippen molar-refractivity contribution in [1.29, 1.82) is 0 Å². The third kappa shape index (κ3) is 3.52. The minimum atomic E-state index is 0.460. The van der Waals surface area contributed by atoms with E-state index in [4.69, 9.17) is 0 Å². The van der Waals surface area contributed by atoms with E-state index in [1.807, 2.05) is 0 Å². The zero-order chi connectivity index (χ0) is 13.1. The molecule has 0 aliphatic carbocycles. The monoisotopic (exact) mass is 263 g/mol. The maximum Gasteiger partial charge on any atom is 0.0294 e. The van der Waals surface area contributed by atoms with Crippen LogP contribution in [0.1, 0.15) is 57.2 Å². The van der Waals surface area contributed by atoms with Crippen molar-refractivity contribution >= 4 is 11.8 Å². The van der Waals surface area contributed by atoms with Crippen LogP contribution in [0.25, 0.3) is 0 Å². The first-order valence-corrected chi connectivity index (χ1v) is 8.08. The molecule has 1 aliphatic rings. The Morgan fingerprint density at radius 2 is 1.72 bits per heavy atom. The van der Waals surface area contributed by atoms with Crippen molar-refractivity contribution < 1.29 is 0 Å². The van der Waals surface area contributed by atoms with Crippen LogP contribution in [-0.4, -0.2) is 17.0 Å². The molecule has 1 nitrogen and oxygen atoms in total. The molecular weight excluding hydrogens is 238 g/mol. The van der Waals surface area contributed by atoms with Gasteiger partial charge in [0.05, 0.1) is 0 Å². The van der Waals surface area contributed by atoms with Crippen LogP contribution in [0, 0.1) is 0 Å². The molecular formula is C16H25NS. The van der Waals surface area contributed by atoms with Gasteiger partial charge in [-0.15, -0.1) is 0 Å². The predicted molar refractivity (Wildman–Crippen MR) is 82.4 cm³/mol. The van der Waals surface area contributed by atoms with Crippen molar-refractivity contribution in [1.82, 2.24) is 5.32 Å². The van der Waals surface area contributed by atoms with Crippen LogP contribution in [0.5, 0.6) is 0 Å². The second-order valence-corrected chi connectivity index (χ2v) is 7.26. The molecule has 0 spiro atoms. The molecule has 2 heteroatoms. The van der Waals surface area contributed by atoms with Gasteiger partial charge < -0.3 is 5.32 Å². The fraction of sp³-hybridized carbons (Fsp3) is 0.625. The van der Waals surface area contributed by atoms with Gasteiger partial charge in [0.15, 0.2) is 0 Å². The highest BCUT2D eigenvalue weighted by molar-refractivity contribution is 8.00. The third-order valence-corrected chi connectivity index (χ3v) is 5.14. The highest BCUT2D eigenvalue weighted by Crippen LogP contribution is 2.28. The molecule has 1 N–H and O–H groups in total. The molecule has 1 saturated heterocycles. The van der Waals surface area contributed by atoms with Gasteiger partial charge in [0, 0.05) is 23.1 Å². The zero-order valence-corrected chi connectivity index (χ0v) is 12.8. The van der Waals surface area contributed by atoms with Gasteiger partial charge >= 0.3 is 0 Å². The normalized spacial score (nSPS) is 25.6. The Balaban J connectivity index is 1.94. The fourth-order valence-corrected chi connectivity index (χ4v) is 3.71. The molecule has 2 rings (SSSR count). The number of nitrogens with one attached hydrogen (secondary N) is 1. The van der Waals surface area contributed by atoms with Crippen LogP contribution in [0.3, 0.4) is 0 Å². The first kappa shape index (κ1) is 14.0. The smallest absolute Gasteiger partial charge is 0.0294 e. The number of hydrogen-bond acceptors (Lipinski definition) is 2. The largest absolute Gasteiger partial charge is 0.307 e. The SMILES string of the molecule is CC1CC(NC(C)c2ccc(C(C)C)cc2)CS1. The van der Waals surface area contributed by atoms with Crippen LogP contribution in [0.4, 0.5) is 0 Å². The summed E-state index contributed by atoms with van der Waals surface area (Å²) in [5.41, 5.74) is 2.83. The van der Waals surface area contributed by atoms with Gasteiger partial charge in [-0.3, -0.25) is 0 Å². The van der Waals surface area contributed by atoms with Gasteiger partial charge in [-0.1, -0.05) is 45.0 Å². The summed E-state index contributed by atoms with van der Waals surface area (Å²) in [5, 5.41) is 4.57. The fourth-order valence-electron chi connectivity index (χ4n) is 2.55. The van der Waals surface area contributed by atoms with E-state index in [9.17, 15) is 0 Å². The molecule has 1 aromatic carbocycles. The first-order chi connectivity index (χ1) is 8.56. The van der Waals surface area contributed by atoms with E-state index >= 15 is 0 Å². The Hall–Kier alpha value is -0.470. The molecule has 3 atom stereocenters. The summed E-state index contributed by atoms with van der Waals surface area (Å²) in [5.74, 6) is 1.88. The summed E-state index contributed by atoms with van der Waals surface area (Å²) in [6.07, 6.45) is 1.30. The van der Waals surface area contributed by atoms with Crippen LogP contribution in [-0.2, 0) is 0 Å². The van der Waals surface area contributed by atoms with Gasteiger partial charge in [0.1, 0.15) is 0 Å². The summed E-state index contributed by atoms with van der Waals surface area (Å²) in [6.45, 7) is 9.09. The lowest BCUT2D eigenvalue weighted by Gasteiger charge is -2.20. The lowest BCUT2D eigenvalue weighted by Crippen LogP contribution is -2.31. The van der Waals surface area contributed by atoms with Crippen LogP contribution < -0.4 is 5.32 Å². The summed E-state index contributed by atoms with van der Waals surface area (Å²) >= 11 is 2.09. The van der Waals surface area contributed by atoms with Crippen molar-refractivity contribution in [3.63, 3.8) is 0 Å². The summed E-state index contributed by atoms with van der Waals surface area (Å²) in [4.78, 5) is 0. The average molecular weight is 263 g/mol. The Morgan fingerprint density at radius 1 is 1.11 bits per heavy atom. The van der Waals surface area contributed by atoms with Crippen molar-refractivity contribution in [2.75, 3.05) is 5.75 Å². The first-order valence-electron chi connectivity index (χ1n) is 7.03. The Bertz CT molecular complexity index is 371. The minimum Gasteiger partial charge on any atom is -0.307 e. The summed E-state index contributed by atoms with van der Waals surface area (Å²) in [7, 11) is 0. The molecule has 100 valence electrons. The second kappa shape index (κ2) is 6.12. The maximum atomic E-state index is 3.75. The van der Waals surface area contributed by atoms with Crippen molar-refractivity contribution in [2.24, 2.45) is 0 Å². The Labute approximate surface area is 116 Å². The average Bonchev–Trinajstić information content (AvgIpc) is 2.75. The molecule has 0 bridgehead atoms. The topological polar surface area (TPSA) is 12.0 Å². The van der Waals surface area contributed by atoms with Gasteiger partial charge in [-0.25, -0.2) is 0 Å². The highest BCUT2D eigenvalue weighted by atomic mass is 32.2. The lowest BCUT2D eigenvalue weighted by molar-refractivity contribution is 0.474. The molecule has 0 amide bonds. The van der Waals surface area contributed by atoms with Gasteiger partial charge in [-0.2, -0.15) is 11.8 Å². The van der Waals surface area contributed by atoms with Crippen molar-refractivity contribution in [3.05, 3.63) is 35.4 Å². The molecule has 0 saturated carbocycles. The van der Waals surface area contributed by atoms with E-state index in [0.29, 0.717) is 18.0 Å². The van der Waals surface area contributed by atoms with Crippen LogP contribution >= 0.6 is 11.8 Å². The van der Waals surface area contributed by atoms with Gasteiger partial charge in [0.2, 0.25) is 0 Å². The Morgan fingerprint density at radius 3 is 2.22 bits per heavy atom. The summed E-state index contributed by atoms with van der Waals surface area (Å²) in [6, 6.07) is 10.2. The molecule has 1 fully saturated rings.